The Bertz CT molecular complexity index is 316. The summed E-state index contributed by atoms with van der Waals surface area (Å²) in [6.07, 6.45) is 1.57. The van der Waals surface area contributed by atoms with Crippen LogP contribution in [0.15, 0.2) is 24.2 Å². The molecule has 1 heterocycles. The highest BCUT2D eigenvalue weighted by molar-refractivity contribution is 5.86. The molecule has 0 saturated carbocycles. The molecule has 16 heavy (non-hydrogen) atoms. The lowest BCUT2D eigenvalue weighted by molar-refractivity contribution is -0.216. The molecule has 90 valence electrons. The molecule has 0 aromatic rings. The Balaban J connectivity index is 2.89. The van der Waals surface area contributed by atoms with E-state index in [0.717, 1.165) is 0 Å². The fourth-order valence-electron chi connectivity index (χ4n) is 1.15. The smallest absolute Gasteiger partial charge is 0.377 e. The average Bonchev–Trinajstić information content (AvgIpc) is 2.25. The minimum Gasteiger partial charge on any atom is -0.487 e. The maximum absolute atomic E-state index is 11.5. The van der Waals surface area contributed by atoms with Crippen molar-refractivity contribution < 1.29 is 23.7 Å². The number of hydrogen-bond acceptors (Lipinski definition) is 5. The van der Waals surface area contributed by atoms with E-state index in [9.17, 15) is 4.79 Å². The van der Waals surface area contributed by atoms with E-state index in [1.165, 1.54) is 7.11 Å². The van der Waals surface area contributed by atoms with E-state index >= 15 is 0 Å². The van der Waals surface area contributed by atoms with Crippen LogP contribution in [0.3, 0.4) is 0 Å². The fraction of sp³-hybridized carbons (Fsp3) is 0.545. The zero-order chi connectivity index (χ0) is 12.2. The molecule has 0 atom stereocenters. The Morgan fingerprint density at radius 2 is 2.31 bits per heavy atom. The van der Waals surface area contributed by atoms with Crippen LogP contribution < -0.4 is 0 Å². The van der Waals surface area contributed by atoms with Gasteiger partial charge in [-0.3, -0.25) is 0 Å². The molecule has 0 N–H and O–H groups in total. The summed E-state index contributed by atoms with van der Waals surface area (Å²) < 4.78 is 20.6. The van der Waals surface area contributed by atoms with Crippen LogP contribution in [0.2, 0.25) is 0 Å². The molecule has 0 unspecified atom stereocenters. The van der Waals surface area contributed by atoms with Gasteiger partial charge in [0.25, 0.3) is 0 Å². The summed E-state index contributed by atoms with van der Waals surface area (Å²) >= 11 is 0. The second-order valence-electron chi connectivity index (χ2n) is 3.63. The van der Waals surface area contributed by atoms with Gasteiger partial charge >= 0.3 is 5.97 Å². The van der Waals surface area contributed by atoms with E-state index < -0.39 is 11.8 Å². The average molecular weight is 228 g/mol. The van der Waals surface area contributed by atoms with Gasteiger partial charge in [-0.2, -0.15) is 0 Å². The molecule has 1 aliphatic rings. The molecule has 0 aromatic carbocycles. The van der Waals surface area contributed by atoms with Crippen molar-refractivity contribution in [1.82, 2.24) is 0 Å². The molecule has 0 fully saturated rings. The third-order valence-electron chi connectivity index (χ3n) is 1.90. The third-order valence-corrected chi connectivity index (χ3v) is 1.90. The Kier molecular flexibility index (Phi) is 3.95. The van der Waals surface area contributed by atoms with E-state index in [1.807, 2.05) is 0 Å². The minimum atomic E-state index is -0.857. The number of carbonyl (C=O) groups excluding carboxylic acids is 1. The largest absolute Gasteiger partial charge is 0.487 e. The Labute approximate surface area is 94.6 Å². The predicted octanol–water partition coefficient (Wildman–Crippen LogP) is 1.36. The molecule has 0 radical (unpaired) electrons. The summed E-state index contributed by atoms with van der Waals surface area (Å²) in [5.41, 5.74) is 0. The highest BCUT2D eigenvalue weighted by Crippen LogP contribution is 2.26. The van der Waals surface area contributed by atoms with Gasteiger partial charge in [-0.1, -0.05) is 12.7 Å². The standard InChI is InChI=1S/C11H16O5/c1-5-6-14-8-7-15-11(2,3)16-9(8)10(12)13-4/h5H,1,6-7H2,2-4H3. The van der Waals surface area contributed by atoms with Gasteiger partial charge < -0.3 is 18.9 Å². The van der Waals surface area contributed by atoms with Gasteiger partial charge in [-0.05, 0) is 0 Å². The zero-order valence-corrected chi connectivity index (χ0v) is 9.74. The number of carbonyl (C=O) groups is 1. The Morgan fingerprint density at radius 1 is 1.62 bits per heavy atom. The lowest BCUT2D eigenvalue weighted by Gasteiger charge is -2.32. The molecule has 5 heteroatoms. The second-order valence-corrected chi connectivity index (χ2v) is 3.63. The van der Waals surface area contributed by atoms with Crippen LogP contribution >= 0.6 is 0 Å². The van der Waals surface area contributed by atoms with Gasteiger partial charge in [0.1, 0.15) is 13.2 Å². The van der Waals surface area contributed by atoms with Gasteiger partial charge in [-0.25, -0.2) is 4.79 Å². The monoisotopic (exact) mass is 228 g/mol. The second kappa shape index (κ2) is 5.03. The summed E-state index contributed by atoms with van der Waals surface area (Å²) in [7, 11) is 1.28. The summed E-state index contributed by atoms with van der Waals surface area (Å²) in [4.78, 5) is 11.5. The van der Waals surface area contributed by atoms with Gasteiger partial charge in [0.2, 0.25) is 11.5 Å². The van der Waals surface area contributed by atoms with Crippen LogP contribution in [0.5, 0.6) is 0 Å². The number of ether oxygens (including phenoxy) is 4. The highest BCUT2D eigenvalue weighted by Gasteiger charge is 2.34. The summed E-state index contributed by atoms with van der Waals surface area (Å²) in [5.74, 6) is -1.05. The van der Waals surface area contributed by atoms with Crippen LogP contribution in [0.25, 0.3) is 0 Å². The molecular formula is C11H16O5. The maximum Gasteiger partial charge on any atom is 0.377 e. The zero-order valence-electron chi connectivity index (χ0n) is 9.74. The topological polar surface area (TPSA) is 54.0 Å². The molecule has 1 aliphatic heterocycles. The summed E-state index contributed by atoms with van der Waals surface area (Å²) in [6.45, 7) is 7.39. The van der Waals surface area contributed by atoms with Crippen molar-refractivity contribution in [3.63, 3.8) is 0 Å². The first kappa shape index (κ1) is 12.6. The van der Waals surface area contributed by atoms with Gasteiger partial charge in [0.15, 0.2) is 5.76 Å². The molecule has 0 saturated heterocycles. The van der Waals surface area contributed by atoms with Crippen molar-refractivity contribution in [2.24, 2.45) is 0 Å². The quantitative estimate of drug-likeness (QED) is 0.537. The van der Waals surface area contributed by atoms with Crippen LogP contribution in [0, 0.1) is 0 Å². The molecule has 0 amide bonds. The molecule has 0 aliphatic carbocycles. The highest BCUT2D eigenvalue weighted by atomic mass is 16.7. The van der Waals surface area contributed by atoms with E-state index in [0.29, 0.717) is 5.76 Å². The van der Waals surface area contributed by atoms with Crippen molar-refractivity contribution in [2.75, 3.05) is 20.3 Å². The fourth-order valence-corrected chi connectivity index (χ4v) is 1.15. The van der Waals surface area contributed by atoms with Crippen molar-refractivity contribution in [3.05, 3.63) is 24.2 Å². The molecule has 0 spiro atoms. The van der Waals surface area contributed by atoms with Crippen LogP contribution in [-0.4, -0.2) is 32.1 Å². The van der Waals surface area contributed by atoms with Crippen LogP contribution in [0.4, 0.5) is 0 Å². The van der Waals surface area contributed by atoms with Gasteiger partial charge in [0.05, 0.1) is 7.11 Å². The normalized spacial score (nSPS) is 18.7. The van der Waals surface area contributed by atoms with Crippen molar-refractivity contribution >= 4 is 5.97 Å². The summed E-state index contributed by atoms with van der Waals surface area (Å²) in [5, 5.41) is 0. The van der Waals surface area contributed by atoms with Crippen LogP contribution in [0.1, 0.15) is 13.8 Å². The van der Waals surface area contributed by atoms with Gasteiger partial charge in [-0.15, -0.1) is 0 Å². The predicted molar refractivity (Wildman–Crippen MR) is 56.3 cm³/mol. The van der Waals surface area contributed by atoms with Gasteiger partial charge in [0, 0.05) is 13.8 Å². The van der Waals surface area contributed by atoms with Crippen molar-refractivity contribution in [1.29, 1.82) is 0 Å². The molecule has 5 nitrogen and oxygen atoms in total. The third kappa shape index (κ3) is 3.00. The number of hydrogen-bond donors (Lipinski definition) is 0. The lowest BCUT2D eigenvalue weighted by Crippen LogP contribution is -2.36. The number of rotatable bonds is 4. The molecular weight excluding hydrogens is 212 g/mol. The van der Waals surface area contributed by atoms with Crippen molar-refractivity contribution in [2.45, 2.75) is 19.6 Å². The van der Waals surface area contributed by atoms with Crippen LogP contribution in [-0.2, 0) is 23.7 Å². The lowest BCUT2D eigenvalue weighted by atomic mass is 10.3. The van der Waals surface area contributed by atoms with E-state index in [4.69, 9.17) is 14.2 Å². The Hall–Kier alpha value is -1.49. The summed E-state index contributed by atoms with van der Waals surface area (Å²) in [6, 6.07) is 0. The molecule has 1 rings (SSSR count). The number of esters is 1. The van der Waals surface area contributed by atoms with E-state index in [1.54, 1.807) is 19.9 Å². The van der Waals surface area contributed by atoms with Crippen molar-refractivity contribution in [3.8, 4) is 0 Å². The number of methoxy groups -OCH3 is 1. The molecule has 0 aromatic heterocycles. The first-order valence-electron chi connectivity index (χ1n) is 4.88. The first-order valence-corrected chi connectivity index (χ1v) is 4.88. The SMILES string of the molecule is C=CCOC1=C(C(=O)OC)OC(C)(C)OC1. The molecule has 0 bridgehead atoms. The maximum atomic E-state index is 11.5. The minimum absolute atomic E-state index is 0.0561. The first-order chi connectivity index (χ1) is 7.50. The van der Waals surface area contributed by atoms with E-state index in [2.05, 4.69) is 11.3 Å². The van der Waals surface area contributed by atoms with E-state index in [-0.39, 0.29) is 19.0 Å². The Morgan fingerprint density at radius 3 is 2.88 bits per heavy atom.